The molecular weight excluding hydrogens is 382 g/mol. The summed E-state index contributed by atoms with van der Waals surface area (Å²) in [5, 5.41) is 2.87. The molecule has 8 heteroatoms. The van der Waals surface area contributed by atoms with Crippen molar-refractivity contribution in [2.24, 2.45) is 0 Å². The molecule has 27 heavy (non-hydrogen) atoms. The molecule has 1 aromatic heterocycles. The van der Waals surface area contributed by atoms with Crippen molar-refractivity contribution in [2.45, 2.75) is 32.2 Å². The van der Waals surface area contributed by atoms with Crippen molar-refractivity contribution < 1.29 is 13.2 Å². The molecule has 2 N–H and O–H groups in total. The molecule has 0 fully saturated rings. The van der Waals surface area contributed by atoms with Gasteiger partial charge in [0, 0.05) is 18.2 Å². The highest BCUT2D eigenvalue weighted by atomic mass is 32.2. The van der Waals surface area contributed by atoms with Gasteiger partial charge in [0.2, 0.25) is 10.0 Å². The van der Waals surface area contributed by atoms with Crippen molar-refractivity contribution in [2.75, 3.05) is 0 Å². The van der Waals surface area contributed by atoms with Gasteiger partial charge < -0.3 is 5.32 Å². The predicted molar refractivity (Wildman–Crippen MR) is 108 cm³/mol. The zero-order valence-corrected chi connectivity index (χ0v) is 16.7. The predicted octanol–water partition coefficient (Wildman–Crippen LogP) is 3.05. The fraction of sp³-hybridized carbons (Fsp3) is 0.263. The van der Waals surface area contributed by atoms with Crippen molar-refractivity contribution in [3.8, 4) is 0 Å². The summed E-state index contributed by atoms with van der Waals surface area (Å²) in [5.41, 5.74) is 4.61. The SMILES string of the molecule is CC(C)NS(=O)(=O)Cc1ccccc1CNC(=O)c1ccc2ncsc2c1. The van der Waals surface area contributed by atoms with Gasteiger partial charge in [-0.15, -0.1) is 11.3 Å². The highest BCUT2D eigenvalue weighted by Crippen LogP contribution is 2.19. The van der Waals surface area contributed by atoms with Crippen molar-refractivity contribution in [1.29, 1.82) is 0 Å². The van der Waals surface area contributed by atoms with Gasteiger partial charge in [-0.25, -0.2) is 18.1 Å². The summed E-state index contributed by atoms with van der Waals surface area (Å²) in [6.07, 6.45) is 0. The molecule has 0 spiro atoms. The first-order valence-corrected chi connectivity index (χ1v) is 11.1. The van der Waals surface area contributed by atoms with Crippen LogP contribution in [0, 0.1) is 0 Å². The number of hydrogen-bond donors (Lipinski definition) is 2. The van der Waals surface area contributed by atoms with Gasteiger partial charge in [-0.05, 0) is 43.2 Å². The first kappa shape index (κ1) is 19.5. The van der Waals surface area contributed by atoms with E-state index in [0.717, 1.165) is 15.8 Å². The number of thiazole rings is 1. The fourth-order valence-corrected chi connectivity index (χ4v) is 4.96. The van der Waals surface area contributed by atoms with Crippen LogP contribution in [0.15, 0.2) is 48.0 Å². The molecule has 2 aromatic carbocycles. The maximum atomic E-state index is 12.5. The normalized spacial score (nSPS) is 11.8. The van der Waals surface area contributed by atoms with E-state index in [2.05, 4.69) is 15.0 Å². The lowest BCUT2D eigenvalue weighted by Gasteiger charge is -2.13. The first-order chi connectivity index (χ1) is 12.8. The topological polar surface area (TPSA) is 88.2 Å². The molecule has 0 aliphatic rings. The Balaban J connectivity index is 1.71. The van der Waals surface area contributed by atoms with Crippen LogP contribution in [0.5, 0.6) is 0 Å². The zero-order chi connectivity index (χ0) is 19.4. The Hall–Kier alpha value is -2.29. The lowest BCUT2D eigenvalue weighted by Crippen LogP contribution is -2.31. The molecule has 1 heterocycles. The zero-order valence-electron chi connectivity index (χ0n) is 15.1. The molecule has 1 amide bonds. The number of nitrogens with one attached hydrogen (secondary N) is 2. The summed E-state index contributed by atoms with van der Waals surface area (Å²) in [4.78, 5) is 16.7. The smallest absolute Gasteiger partial charge is 0.251 e. The van der Waals surface area contributed by atoms with Gasteiger partial charge in [0.25, 0.3) is 5.91 Å². The van der Waals surface area contributed by atoms with Gasteiger partial charge >= 0.3 is 0 Å². The van der Waals surface area contributed by atoms with Gasteiger partial charge in [0.15, 0.2) is 0 Å². The van der Waals surface area contributed by atoms with E-state index in [1.807, 2.05) is 24.3 Å². The lowest BCUT2D eigenvalue weighted by molar-refractivity contribution is 0.0951. The average molecular weight is 404 g/mol. The highest BCUT2D eigenvalue weighted by Gasteiger charge is 2.16. The lowest BCUT2D eigenvalue weighted by atomic mass is 10.1. The Morgan fingerprint density at radius 1 is 1.15 bits per heavy atom. The largest absolute Gasteiger partial charge is 0.348 e. The molecule has 0 radical (unpaired) electrons. The van der Waals surface area contributed by atoms with E-state index in [1.165, 1.54) is 11.3 Å². The van der Waals surface area contributed by atoms with Gasteiger partial charge in [0.05, 0.1) is 21.5 Å². The second-order valence-corrected chi connectivity index (χ2v) is 9.16. The summed E-state index contributed by atoms with van der Waals surface area (Å²) in [5.74, 6) is -0.326. The Morgan fingerprint density at radius 3 is 2.63 bits per heavy atom. The molecule has 3 aromatic rings. The van der Waals surface area contributed by atoms with E-state index >= 15 is 0 Å². The standard InChI is InChI=1S/C19H21N3O3S2/c1-13(2)22-27(24,25)11-16-6-4-3-5-15(16)10-20-19(23)14-7-8-17-18(9-14)26-12-21-17/h3-9,12-13,22H,10-11H2,1-2H3,(H,20,23). The number of fused-ring (bicyclic) bond motifs is 1. The summed E-state index contributed by atoms with van der Waals surface area (Å²) >= 11 is 1.48. The second kappa shape index (κ2) is 8.16. The average Bonchev–Trinajstić information content (AvgIpc) is 3.06. The van der Waals surface area contributed by atoms with Crippen LogP contribution in [0.3, 0.4) is 0 Å². The number of carbonyl (C=O) groups is 1. The van der Waals surface area contributed by atoms with Crippen molar-refractivity contribution in [3.05, 3.63) is 64.7 Å². The van der Waals surface area contributed by atoms with Crippen molar-refractivity contribution in [1.82, 2.24) is 15.0 Å². The van der Waals surface area contributed by atoms with Crippen LogP contribution < -0.4 is 10.0 Å². The number of rotatable bonds is 7. The number of hydrogen-bond acceptors (Lipinski definition) is 5. The van der Waals surface area contributed by atoms with Crippen molar-refractivity contribution >= 4 is 37.5 Å². The molecule has 142 valence electrons. The van der Waals surface area contributed by atoms with Gasteiger partial charge in [-0.3, -0.25) is 4.79 Å². The molecule has 3 rings (SSSR count). The number of nitrogens with zero attached hydrogens (tertiary/aromatic N) is 1. The maximum absolute atomic E-state index is 12.5. The van der Waals surface area contributed by atoms with E-state index in [4.69, 9.17) is 0 Å². The Labute approximate surface area is 162 Å². The summed E-state index contributed by atoms with van der Waals surface area (Å²) in [7, 11) is -3.43. The number of carbonyl (C=O) groups excluding carboxylic acids is 1. The first-order valence-electron chi connectivity index (χ1n) is 8.52. The highest BCUT2D eigenvalue weighted by molar-refractivity contribution is 7.88. The molecule has 0 saturated heterocycles. The van der Waals surface area contributed by atoms with Gasteiger partial charge in [-0.2, -0.15) is 0 Å². The van der Waals surface area contributed by atoms with Crippen molar-refractivity contribution in [3.63, 3.8) is 0 Å². The number of amides is 1. The molecule has 0 aliphatic heterocycles. The molecule has 0 saturated carbocycles. The Kier molecular flexibility index (Phi) is 5.88. The third-order valence-corrected chi connectivity index (χ3v) is 6.23. The third kappa shape index (κ3) is 5.12. The minimum Gasteiger partial charge on any atom is -0.348 e. The van der Waals surface area contributed by atoms with Gasteiger partial charge in [-0.1, -0.05) is 24.3 Å². The van der Waals surface area contributed by atoms with E-state index in [1.54, 1.807) is 37.6 Å². The van der Waals surface area contributed by atoms with Crippen LogP contribution in [0.4, 0.5) is 0 Å². The quantitative estimate of drug-likeness (QED) is 0.635. The molecule has 0 bridgehead atoms. The van der Waals surface area contributed by atoms with Crippen LogP contribution in [-0.2, 0) is 22.3 Å². The maximum Gasteiger partial charge on any atom is 0.251 e. The third-order valence-electron chi connectivity index (χ3n) is 3.91. The van der Waals surface area contributed by atoms with Crippen LogP contribution >= 0.6 is 11.3 Å². The van der Waals surface area contributed by atoms with Crippen LogP contribution in [0.2, 0.25) is 0 Å². The molecule has 0 atom stereocenters. The van der Waals surface area contributed by atoms with Crippen LogP contribution in [-0.4, -0.2) is 25.4 Å². The van der Waals surface area contributed by atoms with Gasteiger partial charge in [0.1, 0.15) is 0 Å². The minimum atomic E-state index is -3.43. The number of sulfonamides is 1. The summed E-state index contributed by atoms with van der Waals surface area (Å²) < 4.78 is 28.0. The number of benzene rings is 2. The minimum absolute atomic E-state index is 0.121. The number of aromatic nitrogens is 1. The Morgan fingerprint density at radius 2 is 1.89 bits per heavy atom. The molecule has 6 nitrogen and oxygen atoms in total. The van der Waals surface area contributed by atoms with Crippen LogP contribution in [0.25, 0.3) is 10.2 Å². The Bertz CT molecular complexity index is 1060. The second-order valence-electron chi connectivity index (χ2n) is 6.52. The van der Waals surface area contributed by atoms with E-state index in [0.29, 0.717) is 11.1 Å². The fourth-order valence-electron chi connectivity index (χ4n) is 2.75. The molecular formula is C19H21N3O3S2. The molecule has 0 unspecified atom stereocenters. The van der Waals surface area contributed by atoms with E-state index in [-0.39, 0.29) is 24.2 Å². The summed E-state index contributed by atoms with van der Waals surface area (Å²) in [6.45, 7) is 3.82. The van der Waals surface area contributed by atoms with E-state index in [9.17, 15) is 13.2 Å². The van der Waals surface area contributed by atoms with E-state index < -0.39 is 10.0 Å². The van der Waals surface area contributed by atoms with Crippen LogP contribution in [0.1, 0.15) is 35.3 Å². The summed E-state index contributed by atoms with van der Waals surface area (Å²) in [6, 6.07) is 12.4. The molecule has 0 aliphatic carbocycles. The monoisotopic (exact) mass is 403 g/mol.